The maximum atomic E-state index is 11.5. The molecule has 1 aliphatic heterocycles. The Morgan fingerprint density at radius 2 is 1.89 bits per heavy atom. The molecule has 1 aromatic carbocycles. The van der Waals surface area contributed by atoms with E-state index in [1.165, 1.54) is 12.5 Å². The number of fused-ring (bicyclic) bond motifs is 1. The minimum atomic E-state index is -0.0795. The second-order valence-corrected chi connectivity index (χ2v) is 6.74. The average molecular weight is 365 g/mol. The van der Waals surface area contributed by atoms with Crippen LogP contribution in [0.3, 0.4) is 0 Å². The van der Waals surface area contributed by atoms with E-state index in [0.29, 0.717) is 19.8 Å². The molecular formula is C20H23N5O2. The summed E-state index contributed by atoms with van der Waals surface area (Å²) in [6.45, 7) is 6.99. The van der Waals surface area contributed by atoms with E-state index in [-0.39, 0.29) is 5.91 Å². The summed E-state index contributed by atoms with van der Waals surface area (Å²) < 4.78 is 7.28. The monoisotopic (exact) mass is 365 g/mol. The fraction of sp³-hybridized carbons (Fsp3) is 0.350. The standard InChI is InChI=1S/C20H23N5O2/c1-14-3-5-16(6-4-14)20-17(13-21-15(2)26)25-18(22-20)7-8-19(23-25)24-9-11-27-12-10-24/h3-8H,9-13H2,1-2H3,(H,21,26). The third kappa shape index (κ3) is 3.64. The number of anilines is 1. The van der Waals surface area contributed by atoms with Crippen molar-refractivity contribution in [3.8, 4) is 11.3 Å². The van der Waals surface area contributed by atoms with Crippen LogP contribution in [0.25, 0.3) is 16.9 Å². The number of benzene rings is 1. The van der Waals surface area contributed by atoms with Gasteiger partial charge in [0.25, 0.3) is 0 Å². The number of ether oxygens (including phenoxy) is 1. The van der Waals surface area contributed by atoms with Gasteiger partial charge in [-0.05, 0) is 19.1 Å². The molecule has 0 unspecified atom stereocenters. The summed E-state index contributed by atoms with van der Waals surface area (Å²) in [5, 5.41) is 7.70. The Labute approximate surface area is 158 Å². The van der Waals surface area contributed by atoms with Crippen molar-refractivity contribution >= 4 is 17.4 Å². The van der Waals surface area contributed by atoms with Gasteiger partial charge < -0.3 is 15.0 Å². The first-order valence-electron chi connectivity index (χ1n) is 9.14. The summed E-state index contributed by atoms with van der Waals surface area (Å²) in [6, 6.07) is 12.2. The lowest BCUT2D eigenvalue weighted by Crippen LogP contribution is -2.37. The lowest BCUT2D eigenvalue weighted by Gasteiger charge is -2.27. The summed E-state index contributed by atoms with van der Waals surface area (Å²) in [4.78, 5) is 18.5. The van der Waals surface area contributed by atoms with E-state index in [1.807, 2.05) is 16.6 Å². The molecule has 7 heteroatoms. The summed E-state index contributed by atoms with van der Waals surface area (Å²) in [5.74, 6) is 0.812. The highest BCUT2D eigenvalue weighted by Crippen LogP contribution is 2.25. The fourth-order valence-electron chi connectivity index (χ4n) is 3.24. The molecule has 0 radical (unpaired) electrons. The number of carbonyl (C=O) groups is 1. The SMILES string of the molecule is CC(=O)NCc1c(-c2ccc(C)cc2)nc2ccc(N3CCOCC3)nn12. The van der Waals surface area contributed by atoms with Crippen LogP contribution in [0.4, 0.5) is 5.82 Å². The predicted molar refractivity (Wildman–Crippen MR) is 104 cm³/mol. The number of hydrogen-bond acceptors (Lipinski definition) is 5. The van der Waals surface area contributed by atoms with Gasteiger partial charge in [0.05, 0.1) is 31.1 Å². The number of rotatable bonds is 4. The summed E-state index contributed by atoms with van der Waals surface area (Å²) in [5.41, 5.74) is 4.69. The van der Waals surface area contributed by atoms with E-state index in [1.54, 1.807) is 0 Å². The molecule has 1 aliphatic rings. The van der Waals surface area contributed by atoms with Crippen molar-refractivity contribution in [2.75, 3.05) is 31.2 Å². The predicted octanol–water partition coefficient (Wildman–Crippen LogP) is 2.18. The molecule has 3 aromatic rings. The van der Waals surface area contributed by atoms with Crippen molar-refractivity contribution in [3.63, 3.8) is 0 Å². The van der Waals surface area contributed by atoms with Crippen molar-refractivity contribution in [2.45, 2.75) is 20.4 Å². The van der Waals surface area contributed by atoms with Gasteiger partial charge in [0.2, 0.25) is 5.91 Å². The normalized spacial score (nSPS) is 14.5. The molecule has 3 heterocycles. The van der Waals surface area contributed by atoms with Crippen LogP contribution in [0.2, 0.25) is 0 Å². The third-order valence-electron chi connectivity index (χ3n) is 4.72. The second-order valence-electron chi connectivity index (χ2n) is 6.74. The fourth-order valence-corrected chi connectivity index (χ4v) is 3.24. The number of morpholine rings is 1. The van der Waals surface area contributed by atoms with Crippen molar-refractivity contribution in [3.05, 3.63) is 47.7 Å². The van der Waals surface area contributed by atoms with E-state index in [4.69, 9.17) is 14.8 Å². The molecule has 1 amide bonds. The Bertz CT molecular complexity index is 958. The molecule has 0 bridgehead atoms. The number of nitrogens with one attached hydrogen (secondary N) is 1. The lowest BCUT2D eigenvalue weighted by molar-refractivity contribution is -0.119. The molecular weight excluding hydrogens is 342 g/mol. The van der Waals surface area contributed by atoms with E-state index >= 15 is 0 Å². The molecule has 1 fully saturated rings. The van der Waals surface area contributed by atoms with Gasteiger partial charge in [-0.25, -0.2) is 9.50 Å². The first-order valence-corrected chi connectivity index (χ1v) is 9.14. The quantitative estimate of drug-likeness (QED) is 0.767. The molecule has 0 saturated carbocycles. The van der Waals surface area contributed by atoms with Crippen molar-refractivity contribution < 1.29 is 9.53 Å². The molecule has 4 rings (SSSR count). The average Bonchev–Trinajstić information content (AvgIpc) is 3.05. The van der Waals surface area contributed by atoms with Crippen LogP contribution in [-0.2, 0) is 16.1 Å². The third-order valence-corrected chi connectivity index (χ3v) is 4.72. The van der Waals surface area contributed by atoms with Gasteiger partial charge in [-0.15, -0.1) is 5.10 Å². The van der Waals surface area contributed by atoms with Crippen LogP contribution in [0.5, 0.6) is 0 Å². The van der Waals surface area contributed by atoms with E-state index in [2.05, 4.69) is 41.4 Å². The van der Waals surface area contributed by atoms with Crippen LogP contribution in [0.15, 0.2) is 36.4 Å². The Morgan fingerprint density at radius 1 is 1.15 bits per heavy atom. The summed E-state index contributed by atoms with van der Waals surface area (Å²) in [7, 11) is 0. The zero-order chi connectivity index (χ0) is 18.8. The minimum absolute atomic E-state index is 0.0795. The molecule has 0 atom stereocenters. The van der Waals surface area contributed by atoms with Gasteiger partial charge in [-0.1, -0.05) is 29.8 Å². The molecule has 1 N–H and O–H groups in total. The van der Waals surface area contributed by atoms with Gasteiger partial charge in [0.15, 0.2) is 5.65 Å². The number of aromatic nitrogens is 3. The molecule has 140 valence electrons. The first-order chi connectivity index (χ1) is 13.1. The van der Waals surface area contributed by atoms with Crippen LogP contribution < -0.4 is 10.2 Å². The topological polar surface area (TPSA) is 71.8 Å². The molecule has 27 heavy (non-hydrogen) atoms. The van der Waals surface area contributed by atoms with Crippen molar-refractivity contribution in [2.24, 2.45) is 0 Å². The summed E-state index contributed by atoms with van der Waals surface area (Å²) in [6.07, 6.45) is 0. The Morgan fingerprint density at radius 3 is 2.59 bits per heavy atom. The maximum absolute atomic E-state index is 11.5. The van der Waals surface area contributed by atoms with Crippen molar-refractivity contribution in [1.29, 1.82) is 0 Å². The van der Waals surface area contributed by atoms with Gasteiger partial charge in [-0.2, -0.15) is 0 Å². The Kier molecular flexibility index (Phi) is 4.77. The molecule has 7 nitrogen and oxygen atoms in total. The first kappa shape index (κ1) is 17.5. The van der Waals surface area contributed by atoms with E-state index in [0.717, 1.165) is 41.5 Å². The van der Waals surface area contributed by atoms with Crippen LogP contribution >= 0.6 is 0 Å². The number of hydrogen-bond donors (Lipinski definition) is 1. The van der Waals surface area contributed by atoms with Crippen LogP contribution in [0, 0.1) is 6.92 Å². The van der Waals surface area contributed by atoms with Gasteiger partial charge in [0.1, 0.15) is 5.82 Å². The van der Waals surface area contributed by atoms with Crippen LogP contribution in [-0.4, -0.2) is 46.8 Å². The van der Waals surface area contributed by atoms with Gasteiger partial charge in [-0.3, -0.25) is 4.79 Å². The molecule has 0 aliphatic carbocycles. The largest absolute Gasteiger partial charge is 0.378 e. The minimum Gasteiger partial charge on any atom is -0.378 e. The highest BCUT2D eigenvalue weighted by molar-refractivity contribution is 5.74. The maximum Gasteiger partial charge on any atom is 0.217 e. The second kappa shape index (κ2) is 7.36. The van der Waals surface area contributed by atoms with Gasteiger partial charge in [0, 0.05) is 25.6 Å². The van der Waals surface area contributed by atoms with E-state index in [9.17, 15) is 4.79 Å². The highest BCUT2D eigenvalue weighted by Gasteiger charge is 2.18. The number of imidazole rings is 1. The van der Waals surface area contributed by atoms with Crippen molar-refractivity contribution in [1.82, 2.24) is 19.9 Å². The highest BCUT2D eigenvalue weighted by atomic mass is 16.5. The molecule has 1 saturated heterocycles. The molecule has 2 aromatic heterocycles. The zero-order valence-corrected chi connectivity index (χ0v) is 15.6. The lowest BCUT2D eigenvalue weighted by atomic mass is 10.1. The van der Waals surface area contributed by atoms with Gasteiger partial charge >= 0.3 is 0 Å². The number of nitrogens with zero attached hydrogens (tertiary/aromatic N) is 4. The number of amides is 1. The Balaban J connectivity index is 1.80. The van der Waals surface area contributed by atoms with E-state index < -0.39 is 0 Å². The number of carbonyl (C=O) groups excluding carboxylic acids is 1. The number of aryl methyl sites for hydroxylation is 1. The smallest absolute Gasteiger partial charge is 0.217 e. The summed E-state index contributed by atoms with van der Waals surface area (Å²) >= 11 is 0. The molecule has 0 spiro atoms. The Hall–Kier alpha value is -2.93. The van der Waals surface area contributed by atoms with Crippen LogP contribution in [0.1, 0.15) is 18.2 Å². The zero-order valence-electron chi connectivity index (χ0n) is 15.6.